The number of pyridine rings is 1. The Balaban J connectivity index is 1.40. The highest BCUT2D eigenvalue weighted by atomic mass is 35.5. The van der Waals surface area contributed by atoms with E-state index >= 15 is 0 Å². The molecule has 1 saturated heterocycles. The molecule has 1 amide bonds. The lowest BCUT2D eigenvalue weighted by molar-refractivity contribution is 0.0735. The van der Waals surface area contributed by atoms with E-state index in [-0.39, 0.29) is 5.91 Å². The fourth-order valence-electron chi connectivity index (χ4n) is 4.95. The fraction of sp³-hybridized carbons (Fsp3) is 0.440. The normalized spacial score (nSPS) is 17.5. The van der Waals surface area contributed by atoms with Gasteiger partial charge in [-0.1, -0.05) is 55.1 Å². The Morgan fingerprint density at radius 3 is 2.39 bits per heavy atom. The molecule has 162 valence electrons. The number of nitrogens with one attached hydrogen (secondary N) is 1. The zero-order chi connectivity index (χ0) is 21.2. The summed E-state index contributed by atoms with van der Waals surface area (Å²) in [6.45, 7) is 2.23. The second kappa shape index (κ2) is 9.01. The Morgan fingerprint density at radius 2 is 1.68 bits per heavy atom. The summed E-state index contributed by atoms with van der Waals surface area (Å²) >= 11 is 6.29. The maximum Gasteiger partial charge on any atom is 0.274 e. The number of nitrogens with zero attached hydrogens (tertiary/aromatic N) is 3. The average Bonchev–Trinajstić information content (AvgIpc) is 3.32. The van der Waals surface area contributed by atoms with Crippen molar-refractivity contribution < 1.29 is 4.79 Å². The predicted octanol–water partition coefficient (Wildman–Crippen LogP) is 4.65. The van der Waals surface area contributed by atoms with Gasteiger partial charge in [-0.25, -0.2) is 4.98 Å². The molecular formula is C25H29ClN4O. The fourth-order valence-corrected chi connectivity index (χ4v) is 5.11. The number of hydrogen-bond donors (Lipinski definition) is 1. The number of halogens is 1. The van der Waals surface area contributed by atoms with Gasteiger partial charge in [0.1, 0.15) is 5.65 Å². The number of aromatic nitrogens is 2. The third-order valence-electron chi connectivity index (χ3n) is 6.64. The first-order valence-electron chi connectivity index (χ1n) is 11.4. The van der Waals surface area contributed by atoms with Gasteiger partial charge in [-0.15, -0.1) is 0 Å². The lowest BCUT2D eigenvalue weighted by Gasteiger charge is -2.24. The molecule has 0 bridgehead atoms. The highest BCUT2D eigenvalue weighted by molar-refractivity contribution is 6.30. The van der Waals surface area contributed by atoms with Gasteiger partial charge >= 0.3 is 0 Å². The van der Waals surface area contributed by atoms with E-state index in [9.17, 15) is 4.79 Å². The monoisotopic (exact) mass is 436 g/mol. The van der Waals surface area contributed by atoms with Gasteiger partial charge in [0.15, 0.2) is 5.69 Å². The molecule has 2 aliphatic rings. The van der Waals surface area contributed by atoms with Gasteiger partial charge in [-0.3, -0.25) is 4.79 Å². The van der Waals surface area contributed by atoms with Gasteiger partial charge < -0.3 is 14.6 Å². The van der Waals surface area contributed by atoms with Gasteiger partial charge in [0.2, 0.25) is 0 Å². The topological polar surface area (TPSA) is 49.6 Å². The summed E-state index contributed by atoms with van der Waals surface area (Å²) in [7, 11) is 0. The van der Waals surface area contributed by atoms with E-state index in [1.165, 1.54) is 30.4 Å². The molecule has 1 N–H and O–H groups in total. The van der Waals surface area contributed by atoms with E-state index in [1.54, 1.807) is 0 Å². The summed E-state index contributed by atoms with van der Waals surface area (Å²) < 4.78 is 1.98. The molecule has 3 aromatic rings. The smallest absolute Gasteiger partial charge is 0.274 e. The number of benzene rings is 1. The van der Waals surface area contributed by atoms with Crippen LogP contribution in [0.4, 0.5) is 0 Å². The van der Waals surface area contributed by atoms with Crippen molar-refractivity contribution in [2.45, 2.75) is 57.5 Å². The summed E-state index contributed by atoms with van der Waals surface area (Å²) in [5.74, 6) is 0.0493. The van der Waals surface area contributed by atoms with Crippen molar-refractivity contribution in [3.05, 3.63) is 70.1 Å². The van der Waals surface area contributed by atoms with Crippen LogP contribution in [-0.2, 0) is 19.4 Å². The van der Waals surface area contributed by atoms with Gasteiger partial charge in [0.05, 0.1) is 10.7 Å². The molecule has 0 saturated carbocycles. The van der Waals surface area contributed by atoms with Gasteiger partial charge in [-0.05, 0) is 48.9 Å². The second-order valence-electron chi connectivity index (χ2n) is 8.80. The van der Waals surface area contributed by atoms with Gasteiger partial charge in [0.25, 0.3) is 5.91 Å². The van der Waals surface area contributed by atoms with Crippen molar-refractivity contribution in [3.63, 3.8) is 0 Å². The van der Waals surface area contributed by atoms with E-state index < -0.39 is 0 Å². The molecule has 1 aliphatic heterocycles. The molecule has 1 fully saturated rings. The number of hydrogen-bond acceptors (Lipinski definition) is 3. The lowest BCUT2D eigenvalue weighted by atomic mass is 10.1. The zero-order valence-corrected chi connectivity index (χ0v) is 18.6. The summed E-state index contributed by atoms with van der Waals surface area (Å²) in [5.41, 5.74) is 5.06. The molecule has 31 heavy (non-hydrogen) atoms. The number of carbonyl (C=O) groups excluding carboxylic acids is 1. The maximum atomic E-state index is 13.5. The number of fused-ring (bicyclic) bond motifs is 2. The van der Waals surface area contributed by atoms with E-state index in [4.69, 9.17) is 16.6 Å². The van der Waals surface area contributed by atoms with Crippen molar-refractivity contribution in [1.29, 1.82) is 0 Å². The number of amides is 1. The quantitative estimate of drug-likeness (QED) is 0.647. The molecule has 0 atom stereocenters. The Kier molecular flexibility index (Phi) is 5.97. The molecule has 6 heteroatoms. The highest BCUT2D eigenvalue weighted by Gasteiger charge is 2.26. The van der Waals surface area contributed by atoms with Crippen LogP contribution in [0.25, 0.3) is 5.65 Å². The molecule has 2 aromatic heterocycles. The molecule has 5 rings (SSSR count). The molecular weight excluding hydrogens is 408 g/mol. The third-order valence-corrected chi connectivity index (χ3v) is 6.86. The first-order chi connectivity index (χ1) is 15.2. The van der Waals surface area contributed by atoms with Crippen LogP contribution in [0.2, 0.25) is 5.02 Å². The minimum absolute atomic E-state index is 0.0493. The Morgan fingerprint density at radius 1 is 1.00 bits per heavy atom. The summed E-state index contributed by atoms with van der Waals surface area (Å²) in [4.78, 5) is 20.2. The lowest BCUT2D eigenvalue weighted by Crippen LogP contribution is -2.35. The molecule has 5 nitrogen and oxygen atoms in total. The number of rotatable bonds is 4. The Hall–Kier alpha value is -2.37. The van der Waals surface area contributed by atoms with E-state index in [0.29, 0.717) is 23.3 Å². The molecule has 0 unspecified atom stereocenters. The first kappa shape index (κ1) is 20.5. The standard InChI is InChI=1S/C25H29ClN4O/c26-20-10-11-23-28-24(25(31)29-12-6-2-1-3-7-13-29)22(30(23)17-20)16-27-21-14-18-8-4-5-9-19(18)15-21/h4-5,8-11,17,21,27H,1-3,6-7,12-16H2. The third kappa shape index (κ3) is 4.35. The van der Waals surface area contributed by atoms with Crippen LogP contribution in [0.1, 0.15) is 59.4 Å². The Bertz CT molecular complexity index is 1060. The van der Waals surface area contributed by atoms with Crippen LogP contribution >= 0.6 is 11.6 Å². The van der Waals surface area contributed by atoms with E-state index in [0.717, 1.165) is 50.1 Å². The van der Waals surface area contributed by atoms with Crippen LogP contribution < -0.4 is 5.32 Å². The van der Waals surface area contributed by atoms with Crippen molar-refractivity contribution in [3.8, 4) is 0 Å². The van der Waals surface area contributed by atoms with Crippen LogP contribution in [0.15, 0.2) is 42.6 Å². The van der Waals surface area contributed by atoms with Gasteiger partial charge in [-0.2, -0.15) is 0 Å². The number of likely N-dealkylation sites (tertiary alicyclic amines) is 1. The first-order valence-corrected chi connectivity index (χ1v) is 11.8. The summed E-state index contributed by atoms with van der Waals surface area (Å²) in [6.07, 6.45) is 9.70. The van der Waals surface area contributed by atoms with Crippen molar-refractivity contribution in [2.24, 2.45) is 0 Å². The second-order valence-corrected chi connectivity index (χ2v) is 9.23. The predicted molar refractivity (Wildman–Crippen MR) is 124 cm³/mol. The molecule has 0 radical (unpaired) electrons. The minimum atomic E-state index is 0.0493. The van der Waals surface area contributed by atoms with Crippen molar-refractivity contribution in [1.82, 2.24) is 19.6 Å². The van der Waals surface area contributed by atoms with Crippen molar-refractivity contribution in [2.75, 3.05) is 13.1 Å². The minimum Gasteiger partial charge on any atom is -0.337 e. The van der Waals surface area contributed by atoms with E-state index in [1.807, 2.05) is 27.6 Å². The maximum absolute atomic E-state index is 13.5. The molecule has 1 aromatic carbocycles. The SMILES string of the molecule is O=C(c1nc2ccc(Cl)cn2c1CNC1Cc2ccccc2C1)N1CCCCCCC1. The molecule has 3 heterocycles. The summed E-state index contributed by atoms with van der Waals surface area (Å²) in [6, 6.07) is 12.7. The van der Waals surface area contributed by atoms with Crippen molar-refractivity contribution >= 4 is 23.2 Å². The van der Waals surface area contributed by atoms with Crippen LogP contribution in [0, 0.1) is 0 Å². The number of carbonyl (C=O) groups is 1. The van der Waals surface area contributed by atoms with E-state index in [2.05, 4.69) is 29.6 Å². The Labute approximate surface area is 188 Å². The van der Waals surface area contributed by atoms with Crippen LogP contribution in [0.5, 0.6) is 0 Å². The zero-order valence-electron chi connectivity index (χ0n) is 17.8. The molecule has 1 aliphatic carbocycles. The van der Waals surface area contributed by atoms with Crippen LogP contribution in [0.3, 0.4) is 0 Å². The highest BCUT2D eigenvalue weighted by Crippen LogP contribution is 2.24. The van der Waals surface area contributed by atoms with Gasteiger partial charge in [0, 0.05) is 31.9 Å². The van der Waals surface area contributed by atoms with Crippen LogP contribution in [-0.4, -0.2) is 39.3 Å². The largest absolute Gasteiger partial charge is 0.337 e. The molecule has 0 spiro atoms. The summed E-state index contributed by atoms with van der Waals surface area (Å²) in [5, 5.41) is 4.33. The number of imidazole rings is 1. The average molecular weight is 437 g/mol.